The predicted octanol–water partition coefficient (Wildman–Crippen LogP) is -4.03. The molecule has 2 heterocycles. The summed E-state index contributed by atoms with van der Waals surface area (Å²) in [5.41, 5.74) is 16.6. The molecular formula is C45H68N12O13. The molecule has 1 aromatic carbocycles. The third kappa shape index (κ3) is 18.6. The zero-order valence-electron chi connectivity index (χ0n) is 39.9. The molecule has 0 unspecified atom stereocenters. The molecule has 2 aliphatic heterocycles. The Kier molecular flexibility index (Phi) is 22.5. The molecule has 25 nitrogen and oxygen atoms in total. The molecule has 2 aliphatic rings. The molecule has 0 spiro atoms. The van der Waals surface area contributed by atoms with Crippen molar-refractivity contribution in [1.29, 1.82) is 0 Å². The number of likely N-dealkylation sites (tertiary alicyclic amines) is 1. The zero-order chi connectivity index (χ0) is 52.2. The molecule has 12 amide bonds. The monoisotopic (exact) mass is 985 g/mol. The average Bonchev–Trinajstić information content (AvgIpc) is 3.80. The van der Waals surface area contributed by atoms with Crippen molar-refractivity contribution >= 4 is 70.9 Å². The summed E-state index contributed by atoms with van der Waals surface area (Å²) in [6.45, 7) is 5.99. The number of nitrogens with one attached hydrogen (secondary N) is 8. The van der Waals surface area contributed by atoms with Gasteiger partial charge in [-0.25, -0.2) is 0 Å². The minimum absolute atomic E-state index is 0.0266. The Morgan fingerprint density at radius 2 is 1.39 bits per heavy atom. The van der Waals surface area contributed by atoms with Crippen LogP contribution in [0.25, 0.3) is 0 Å². The van der Waals surface area contributed by atoms with Crippen LogP contribution < -0.4 is 59.7 Å². The summed E-state index contributed by atoms with van der Waals surface area (Å²) in [7, 11) is 0. The lowest BCUT2D eigenvalue weighted by Crippen LogP contribution is -2.62. The largest absolute Gasteiger partial charge is 0.508 e. The number of hydrogen-bond acceptors (Lipinski definition) is 13. The van der Waals surface area contributed by atoms with Crippen LogP contribution in [0.3, 0.4) is 0 Å². The Labute approximate surface area is 405 Å². The van der Waals surface area contributed by atoms with Gasteiger partial charge in [0.05, 0.1) is 13.0 Å². The van der Waals surface area contributed by atoms with Gasteiger partial charge in [0.15, 0.2) is 0 Å². The van der Waals surface area contributed by atoms with Gasteiger partial charge in [0.2, 0.25) is 70.9 Å². The normalized spacial score (nSPS) is 23.0. The minimum atomic E-state index is -1.83. The summed E-state index contributed by atoms with van der Waals surface area (Å²) in [5, 5.41) is 29.8. The Bertz CT molecular complexity index is 2100. The first-order chi connectivity index (χ1) is 33.0. The third-order valence-corrected chi connectivity index (χ3v) is 11.8. The van der Waals surface area contributed by atoms with E-state index >= 15 is 0 Å². The predicted molar refractivity (Wildman–Crippen MR) is 248 cm³/mol. The van der Waals surface area contributed by atoms with Crippen LogP contribution in [0.4, 0.5) is 0 Å². The highest BCUT2D eigenvalue weighted by molar-refractivity contribution is 5.99. The van der Waals surface area contributed by atoms with Gasteiger partial charge in [-0.15, -0.1) is 0 Å². The number of carbonyl (C=O) groups excluding carboxylic acids is 12. The summed E-state index contributed by atoms with van der Waals surface area (Å²) < 4.78 is 0. The molecule has 1 aromatic rings. The maximum Gasteiger partial charge on any atom is 0.247 e. The molecule has 15 N–H and O–H groups in total. The fourth-order valence-corrected chi connectivity index (χ4v) is 7.64. The van der Waals surface area contributed by atoms with E-state index in [0.29, 0.717) is 24.8 Å². The standard InChI is InChI=1S/C45H68N12O13/c1-5-24(4)38-44(69)53-28(14-15-33(46)59)40(65)54-30(20-34(47)60)41(66)55-31(21-49-36(62)16-17-37(63)51-29(42(67)56-38)19-25-9-11-26(58)12-10-25)45(70)57-18-6-7-32(57)43(68)52-27(13-8-23(2)3)39(64)50-22-35(48)61/h9-12,23-24,27-32,38,58H,5-8,13-22H2,1-4H3,(H2,46,59)(H2,47,60)(H2,48,61)(H,49,62)(H,50,64)(H,51,63)(H,52,68)(H,53,69)(H,54,65)(H,55,66)(H,56,67)/t24-,27-,28-,29-,30-,31-,32-,38-/m0/s1. The molecule has 0 aromatic heterocycles. The second-order valence-electron chi connectivity index (χ2n) is 17.9. The maximum absolute atomic E-state index is 14.5. The lowest BCUT2D eigenvalue weighted by Gasteiger charge is -2.31. The van der Waals surface area contributed by atoms with E-state index in [9.17, 15) is 62.6 Å². The van der Waals surface area contributed by atoms with E-state index in [-0.39, 0.29) is 37.5 Å². The second kappa shape index (κ2) is 27.6. The van der Waals surface area contributed by atoms with E-state index in [1.54, 1.807) is 13.8 Å². The second-order valence-corrected chi connectivity index (χ2v) is 17.9. The average molecular weight is 985 g/mol. The Morgan fingerprint density at radius 3 is 2.00 bits per heavy atom. The number of primary amides is 3. The van der Waals surface area contributed by atoms with Crippen molar-refractivity contribution in [3.63, 3.8) is 0 Å². The van der Waals surface area contributed by atoms with Crippen LogP contribution >= 0.6 is 0 Å². The Hall–Kier alpha value is -7.34. The van der Waals surface area contributed by atoms with Crippen LogP contribution in [0, 0.1) is 11.8 Å². The molecule has 3 rings (SSSR count). The van der Waals surface area contributed by atoms with Crippen molar-refractivity contribution in [2.24, 2.45) is 29.0 Å². The molecular weight excluding hydrogens is 917 g/mol. The zero-order valence-corrected chi connectivity index (χ0v) is 39.9. The minimum Gasteiger partial charge on any atom is -0.508 e. The van der Waals surface area contributed by atoms with E-state index in [1.165, 1.54) is 24.3 Å². The van der Waals surface area contributed by atoms with Gasteiger partial charge in [0, 0.05) is 38.8 Å². The first-order valence-corrected chi connectivity index (χ1v) is 23.3. The number of nitrogens with zero attached hydrogens (tertiary/aromatic N) is 1. The highest BCUT2D eigenvalue weighted by Crippen LogP contribution is 2.20. The highest BCUT2D eigenvalue weighted by atomic mass is 16.3. The van der Waals surface area contributed by atoms with E-state index in [0.717, 1.165) is 4.90 Å². The molecule has 2 saturated heterocycles. The molecule has 386 valence electrons. The number of phenols is 1. The van der Waals surface area contributed by atoms with Gasteiger partial charge in [-0.05, 0) is 61.6 Å². The van der Waals surface area contributed by atoms with Crippen molar-refractivity contribution in [1.82, 2.24) is 47.4 Å². The van der Waals surface area contributed by atoms with Gasteiger partial charge in [-0.1, -0.05) is 46.2 Å². The smallest absolute Gasteiger partial charge is 0.247 e. The van der Waals surface area contributed by atoms with Crippen molar-refractivity contribution < 1.29 is 62.6 Å². The van der Waals surface area contributed by atoms with Crippen molar-refractivity contribution in [3.8, 4) is 5.75 Å². The number of benzene rings is 1. The summed E-state index contributed by atoms with van der Waals surface area (Å²) in [6, 6.07) is -4.41. The molecule has 25 heteroatoms. The number of carbonyl (C=O) groups is 12. The molecule has 8 atom stereocenters. The molecule has 0 bridgehead atoms. The number of hydrogen-bond donors (Lipinski definition) is 12. The van der Waals surface area contributed by atoms with Crippen molar-refractivity contribution in [2.75, 3.05) is 19.6 Å². The fourth-order valence-electron chi connectivity index (χ4n) is 7.64. The van der Waals surface area contributed by atoms with Gasteiger partial charge in [-0.2, -0.15) is 0 Å². The van der Waals surface area contributed by atoms with Gasteiger partial charge in [0.1, 0.15) is 48.0 Å². The van der Waals surface area contributed by atoms with E-state index in [2.05, 4.69) is 42.5 Å². The number of amides is 12. The summed E-state index contributed by atoms with van der Waals surface area (Å²) in [6.07, 6.45) is -1.46. The molecule has 70 heavy (non-hydrogen) atoms. The first kappa shape index (κ1) is 57.0. The Balaban J connectivity index is 2.05. The molecule has 0 aliphatic carbocycles. The number of rotatable bonds is 18. The lowest BCUT2D eigenvalue weighted by molar-refractivity contribution is -0.143. The SMILES string of the molecule is CC[C@H](C)[C@@H]1NC(=O)[C@H](Cc2ccc(O)cc2)NC(=O)CCC(=O)NC[C@@H](C(=O)N2CCC[C@H]2C(=O)N[C@@H](CCC(C)C)C(=O)NCC(N)=O)NC(=O)[C@H](CC(N)=O)NC(=O)[C@H](CCC(N)=O)NC1=O. The van der Waals surface area contributed by atoms with Gasteiger partial charge < -0.3 is 69.7 Å². The van der Waals surface area contributed by atoms with Gasteiger partial charge in [0.25, 0.3) is 0 Å². The van der Waals surface area contributed by atoms with E-state index in [1.807, 2.05) is 13.8 Å². The van der Waals surface area contributed by atoms with Gasteiger partial charge in [-0.3, -0.25) is 57.5 Å². The van der Waals surface area contributed by atoms with Crippen LogP contribution in [0.2, 0.25) is 0 Å². The third-order valence-electron chi connectivity index (χ3n) is 11.8. The first-order valence-electron chi connectivity index (χ1n) is 23.3. The maximum atomic E-state index is 14.5. The highest BCUT2D eigenvalue weighted by Gasteiger charge is 2.41. The van der Waals surface area contributed by atoms with E-state index < -0.39 is 164 Å². The summed E-state index contributed by atoms with van der Waals surface area (Å²) in [4.78, 5) is 161. The van der Waals surface area contributed by atoms with E-state index in [4.69, 9.17) is 17.2 Å². The van der Waals surface area contributed by atoms with Crippen molar-refractivity contribution in [2.45, 2.75) is 141 Å². The van der Waals surface area contributed by atoms with Crippen LogP contribution in [-0.2, 0) is 64.0 Å². The Morgan fingerprint density at radius 1 is 0.757 bits per heavy atom. The molecule has 0 saturated carbocycles. The van der Waals surface area contributed by atoms with Gasteiger partial charge >= 0.3 is 0 Å². The number of nitrogens with two attached hydrogens (primary N) is 3. The number of aromatic hydroxyl groups is 1. The molecule has 2 fully saturated rings. The van der Waals surface area contributed by atoms with Crippen LogP contribution in [0.15, 0.2) is 24.3 Å². The summed E-state index contributed by atoms with van der Waals surface area (Å²) in [5.74, 6) is -11.2. The topological polar surface area (TPSA) is 403 Å². The van der Waals surface area contributed by atoms with Crippen LogP contribution in [-0.4, -0.2) is 143 Å². The quantitative estimate of drug-likeness (QED) is 0.0668. The van der Waals surface area contributed by atoms with Crippen LogP contribution in [0.1, 0.15) is 97.5 Å². The number of phenolic OH excluding ortho intramolecular Hbond substituents is 1. The lowest BCUT2D eigenvalue weighted by atomic mass is 9.96. The van der Waals surface area contributed by atoms with Crippen LogP contribution in [0.5, 0.6) is 5.75 Å². The fraction of sp³-hybridized carbons (Fsp3) is 0.600. The molecule has 0 radical (unpaired) electrons. The van der Waals surface area contributed by atoms with Crippen molar-refractivity contribution in [3.05, 3.63) is 29.8 Å². The summed E-state index contributed by atoms with van der Waals surface area (Å²) >= 11 is 0.